The zero-order chi connectivity index (χ0) is 16.1. The maximum Gasteiger partial charge on any atom is 0.224 e. The summed E-state index contributed by atoms with van der Waals surface area (Å²) < 4.78 is 0. The molecule has 3 nitrogen and oxygen atoms in total. The van der Waals surface area contributed by atoms with Gasteiger partial charge in [-0.1, -0.05) is 39.0 Å². The highest BCUT2D eigenvalue weighted by Gasteiger charge is 2.22. The van der Waals surface area contributed by atoms with Crippen LogP contribution in [0.3, 0.4) is 0 Å². The molecule has 0 radical (unpaired) electrons. The third kappa shape index (κ3) is 5.50. The molecule has 2 rings (SSSR count). The zero-order valence-corrected chi connectivity index (χ0v) is 15.6. The summed E-state index contributed by atoms with van der Waals surface area (Å²) >= 11 is 0. The Kier molecular flexibility index (Phi) is 8.07. The van der Waals surface area contributed by atoms with E-state index < -0.39 is 0 Å². The summed E-state index contributed by atoms with van der Waals surface area (Å²) in [7, 11) is 0. The minimum Gasteiger partial charge on any atom is -0.326 e. The number of nitrogens with one attached hydrogen (secondary N) is 2. The van der Waals surface area contributed by atoms with Crippen LogP contribution in [0.1, 0.15) is 57.1 Å². The maximum atomic E-state index is 12.5. The molecule has 0 bridgehead atoms. The van der Waals surface area contributed by atoms with Crippen LogP contribution >= 0.6 is 12.4 Å². The van der Waals surface area contributed by atoms with Crippen LogP contribution in [0.4, 0.5) is 5.69 Å². The Labute approximate surface area is 147 Å². The van der Waals surface area contributed by atoms with Crippen molar-refractivity contribution in [2.45, 2.75) is 52.9 Å². The molecule has 1 unspecified atom stereocenters. The number of carbonyl (C=O) groups is 1. The van der Waals surface area contributed by atoms with Crippen molar-refractivity contribution in [3.8, 4) is 0 Å². The lowest BCUT2D eigenvalue weighted by atomic mass is 9.84. The monoisotopic (exact) mass is 338 g/mol. The first-order valence-corrected chi connectivity index (χ1v) is 8.59. The van der Waals surface area contributed by atoms with Crippen molar-refractivity contribution >= 4 is 24.0 Å². The van der Waals surface area contributed by atoms with Crippen LogP contribution in [-0.4, -0.2) is 19.0 Å². The van der Waals surface area contributed by atoms with Gasteiger partial charge in [-0.05, 0) is 61.7 Å². The Bertz CT molecular complexity index is 510. The predicted molar refractivity (Wildman–Crippen MR) is 101 cm³/mol. The lowest BCUT2D eigenvalue weighted by molar-refractivity contribution is -0.117. The first-order chi connectivity index (χ1) is 10.5. The Morgan fingerprint density at radius 3 is 2.52 bits per heavy atom. The van der Waals surface area contributed by atoms with Gasteiger partial charge in [-0.2, -0.15) is 0 Å². The Morgan fingerprint density at radius 2 is 1.91 bits per heavy atom. The largest absolute Gasteiger partial charge is 0.326 e. The number of amides is 1. The second-order valence-corrected chi connectivity index (χ2v) is 7.01. The van der Waals surface area contributed by atoms with Crippen LogP contribution in [-0.2, 0) is 4.79 Å². The van der Waals surface area contributed by atoms with Gasteiger partial charge in [0.05, 0.1) is 0 Å². The lowest BCUT2D eigenvalue weighted by Crippen LogP contribution is -2.32. The van der Waals surface area contributed by atoms with E-state index in [0.29, 0.717) is 24.2 Å². The number of para-hydroxylation sites is 1. The highest BCUT2D eigenvalue weighted by Crippen LogP contribution is 2.29. The highest BCUT2D eigenvalue weighted by atomic mass is 35.5. The summed E-state index contributed by atoms with van der Waals surface area (Å²) in [6.07, 6.45) is 3.00. The number of carbonyl (C=O) groups excluding carboxylic acids is 1. The first-order valence-electron chi connectivity index (χ1n) is 8.59. The van der Waals surface area contributed by atoms with Crippen LogP contribution in [0.25, 0.3) is 0 Å². The van der Waals surface area contributed by atoms with Crippen LogP contribution in [0.2, 0.25) is 0 Å². The van der Waals surface area contributed by atoms with E-state index in [2.05, 4.69) is 56.5 Å². The van der Waals surface area contributed by atoms with Gasteiger partial charge in [-0.25, -0.2) is 0 Å². The van der Waals surface area contributed by atoms with E-state index in [4.69, 9.17) is 0 Å². The molecule has 1 amide bonds. The molecule has 0 spiro atoms. The van der Waals surface area contributed by atoms with Gasteiger partial charge < -0.3 is 10.6 Å². The van der Waals surface area contributed by atoms with Crippen molar-refractivity contribution < 1.29 is 4.79 Å². The summed E-state index contributed by atoms with van der Waals surface area (Å²) in [5.41, 5.74) is 3.39. The molecule has 0 saturated carbocycles. The van der Waals surface area contributed by atoms with Crippen molar-refractivity contribution in [1.29, 1.82) is 0 Å². The molecule has 1 heterocycles. The number of aryl methyl sites for hydroxylation is 1. The van der Waals surface area contributed by atoms with E-state index in [0.717, 1.165) is 24.3 Å². The predicted octanol–water partition coefficient (Wildman–Crippen LogP) is 4.50. The zero-order valence-electron chi connectivity index (χ0n) is 14.8. The number of benzene rings is 1. The van der Waals surface area contributed by atoms with E-state index in [1.54, 1.807) is 0 Å². The van der Waals surface area contributed by atoms with Gasteiger partial charge in [0.1, 0.15) is 0 Å². The topological polar surface area (TPSA) is 41.1 Å². The smallest absolute Gasteiger partial charge is 0.224 e. The summed E-state index contributed by atoms with van der Waals surface area (Å²) in [6.45, 7) is 10.8. The number of rotatable bonds is 5. The minimum atomic E-state index is 0. The third-order valence-electron chi connectivity index (χ3n) is 4.89. The van der Waals surface area contributed by atoms with Gasteiger partial charge in [-0.3, -0.25) is 4.79 Å². The SMILES string of the molecule is Cc1cccc(C(C)C)c1NC(=O)CC(C)C1CCNCC1.Cl. The van der Waals surface area contributed by atoms with Crippen molar-refractivity contribution in [2.75, 3.05) is 18.4 Å². The summed E-state index contributed by atoms with van der Waals surface area (Å²) in [5.74, 6) is 1.70. The fraction of sp³-hybridized carbons (Fsp3) is 0.632. The fourth-order valence-corrected chi connectivity index (χ4v) is 3.41. The molecule has 1 aliphatic heterocycles. The highest BCUT2D eigenvalue weighted by molar-refractivity contribution is 5.92. The molecule has 4 heteroatoms. The molecule has 130 valence electrons. The minimum absolute atomic E-state index is 0. The van der Waals surface area contributed by atoms with Crippen LogP contribution in [0, 0.1) is 18.8 Å². The van der Waals surface area contributed by atoms with Gasteiger partial charge >= 0.3 is 0 Å². The summed E-state index contributed by atoms with van der Waals surface area (Å²) in [4.78, 5) is 12.5. The molecule has 0 aliphatic carbocycles. The second-order valence-electron chi connectivity index (χ2n) is 7.01. The molecule has 1 aromatic carbocycles. The molecular weight excluding hydrogens is 308 g/mol. The Hall–Kier alpha value is -1.06. The van der Waals surface area contributed by atoms with Crippen molar-refractivity contribution in [2.24, 2.45) is 11.8 Å². The van der Waals surface area contributed by atoms with Crippen molar-refractivity contribution in [3.05, 3.63) is 29.3 Å². The van der Waals surface area contributed by atoms with Crippen molar-refractivity contribution in [1.82, 2.24) is 5.32 Å². The van der Waals surface area contributed by atoms with Crippen LogP contribution in [0.15, 0.2) is 18.2 Å². The molecule has 1 atom stereocenters. The normalized spacial score (nSPS) is 16.7. The number of hydrogen-bond donors (Lipinski definition) is 2. The Morgan fingerprint density at radius 1 is 1.26 bits per heavy atom. The number of piperidine rings is 1. The molecule has 1 fully saturated rings. The van der Waals surface area contributed by atoms with E-state index in [9.17, 15) is 4.79 Å². The summed E-state index contributed by atoms with van der Waals surface area (Å²) in [5, 5.41) is 6.57. The summed E-state index contributed by atoms with van der Waals surface area (Å²) in [6, 6.07) is 6.25. The average Bonchev–Trinajstić information content (AvgIpc) is 2.49. The van der Waals surface area contributed by atoms with Gasteiger partial charge in [0, 0.05) is 12.1 Å². The molecule has 2 N–H and O–H groups in total. The van der Waals surface area contributed by atoms with E-state index >= 15 is 0 Å². The van der Waals surface area contributed by atoms with Gasteiger partial charge in [-0.15, -0.1) is 12.4 Å². The number of halogens is 1. The van der Waals surface area contributed by atoms with E-state index in [-0.39, 0.29) is 18.3 Å². The molecule has 1 saturated heterocycles. The molecule has 1 aliphatic rings. The third-order valence-corrected chi connectivity index (χ3v) is 4.89. The standard InChI is InChI=1S/C19H30N2O.ClH/c1-13(2)17-7-5-6-14(3)19(17)21-18(22)12-15(4)16-8-10-20-11-9-16;/h5-7,13,15-16,20H,8-12H2,1-4H3,(H,21,22);1H. The maximum absolute atomic E-state index is 12.5. The van der Waals surface area contributed by atoms with E-state index in [1.165, 1.54) is 18.4 Å². The number of anilines is 1. The molecule has 1 aromatic rings. The fourth-order valence-electron chi connectivity index (χ4n) is 3.41. The van der Waals surface area contributed by atoms with Gasteiger partial charge in [0.2, 0.25) is 5.91 Å². The van der Waals surface area contributed by atoms with Crippen LogP contribution in [0.5, 0.6) is 0 Å². The first kappa shape index (κ1) is 20.0. The molecule has 0 aromatic heterocycles. The van der Waals surface area contributed by atoms with E-state index in [1.807, 2.05) is 0 Å². The van der Waals surface area contributed by atoms with Gasteiger partial charge in [0.15, 0.2) is 0 Å². The van der Waals surface area contributed by atoms with Crippen molar-refractivity contribution in [3.63, 3.8) is 0 Å². The van der Waals surface area contributed by atoms with Crippen LogP contribution < -0.4 is 10.6 Å². The Balaban J connectivity index is 0.00000264. The molecular formula is C19H31ClN2O. The lowest BCUT2D eigenvalue weighted by Gasteiger charge is -2.28. The average molecular weight is 339 g/mol. The number of hydrogen-bond acceptors (Lipinski definition) is 2. The van der Waals surface area contributed by atoms with Gasteiger partial charge in [0.25, 0.3) is 0 Å². The molecule has 23 heavy (non-hydrogen) atoms. The quantitative estimate of drug-likeness (QED) is 0.829. The second kappa shape index (κ2) is 9.29.